The molecule has 108 valence electrons. The number of halogens is 3. The van der Waals surface area contributed by atoms with Gasteiger partial charge in [0.15, 0.2) is 5.69 Å². The molecule has 0 aliphatic rings. The fourth-order valence-corrected chi connectivity index (χ4v) is 2.47. The van der Waals surface area contributed by atoms with Gasteiger partial charge in [0.1, 0.15) is 10.3 Å². The second-order valence-corrected chi connectivity index (χ2v) is 6.13. The molecule has 0 unspecified atom stereocenters. The Bertz CT molecular complexity index is 639. The van der Waals surface area contributed by atoms with Gasteiger partial charge in [-0.15, -0.1) is 0 Å². The van der Waals surface area contributed by atoms with E-state index in [1.54, 1.807) is 17.9 Å². The first-order valence-corrected chi connectivity index (χ1v) is 7.77. The highest BCUT2D eigenvalue weighted by atomic mass is 79.9. The first-order valence-electron chi connectivity index (χ1n) is 5.80. The summed E-state index contributed by atoms with van der Waals surface area (Å²) in [6.07, 6.45) is 1.75. The number of amides is 1. The summed E-state index contributed by atoms with van der Waals surface area (Å²) < 4.78 is 2.96. The predicted molar refractivity (Wildman–Crippen MR) is 82.7 cm³/mol. The van der Waals surface area contributed by atoms with Crippen LogP contribution in [0.4, 0.5) is 0 Å². The summed E-state index contributed by atoms with van der Waals surface area (Å²) in [5.41, 5.74) is 0.973. The van der Waals surface area contributed by atoms with Crippen molar-refractivity contribution in [1.29, 1.82) is 0 Å². The number of aryl methyl sites for hydroxylation is 1. The summed E-state index contributed by atoms with van der Waals surface area (Å²) in [6, 6.07) is 0. The number of hydrogen-bond acceptors (Lipinski definition) is 3. The summed E-state index contributed by atoms with van der Waals surface area (Å²) in [4.78, 5) is 13.8. The third kappa shape index (κ3) is 3.07. The molecule has 6 nitrogen and oxygen atoms in total. The number of rotatable bonds is 4. The van der Waals surface area contributed by atoms with Crippen molar-refractivity contribution >= 4 is 49.4 Å². The van der Waals surface area contributed by atoms with Crippen molar-refractivity contribution in [3.8, 4) is 0 Å². The Morgan fingerprint density at radius 2 is 2.25 bits per heavy atom. The number of hydrogen-bond donors (Lipinski definition) is 1. The Morgan fingerprint density at radius 3 is 2.75 bits per heavy atom. The average Bonchev–Trinajstić information content (AvgIpc) is 2.94. The van der Waals surface area contributed by atoms with E-state index in [1.807, 2.05) is 6.92 Å². The van der Waals surface area contributed by atoms with E-state index in [0.29, 0.717) is 32.0 Å². The second-order valence-electron chi connectivity index (χ2n) is 4.14. The minimum absolute atomic E-state index is 0.221. The molecule has 1 N–H and O–H groups in total. The number of aromatic nitrogens is 4. The van der Waals surface area contributed by atoms with Gasteiger partial charge in [0.25, 0.3) is 5.91 Å². The van der Waals surface area contributed by atoms with E-state index in [4.69, 9.17) is 11.6 Å². The highest BCUT2D eigenvalue weighted by molar-refractivity contribution is 9.13. The normalized spacial score (nSPS) is 10.8. The number of H-pyrrole nitrogens is 1. The monoisotopic (exact) mass is 423 g/mol. The lowest BCUT2D eigenvalue weighted by atomic mass is 10.3. The molecule has 0 aliphatic heterocycles. The van der Waals surface area contributed by atoms with Crippen LogP contribution in [-0.2, 0) is 13.1 Å². The van der Waals surface area contributed by atoms with Crippen LogP contribution < -0.4 is 0 Å². The third-order valence-corrected chi connectivity index (χ3v) is 4.91. The maximum Gasteiger partial charge on any atom is 0.275 e. The van der Waals surface area contributed by atoms with E-state index in [1.165, 1.54) is 4.90 Å². The zero-order chi connectivity index (χ0) is 14.9. The Kier molecular flexibility index (Phi) is 4.87. The van der Waals surface area contributed by atoms with Crippen LogP contribution in [0.3, 0.4) is 0 Å². The molecular weight excluding hydrogens is 413 g/mol. The molecular formula is C11H12Br2ClN5O. The van der Waals surface area contributed by atoms with Crippen LogP contribution in [-0.4, -0.2) is 37.8 Å². The van der Waals surface area contributed by atoms with E-state index in [0.717, 1.165) is 6.54 Å². The van der Waals surface area contributed by atoms with Crippen LogP contribution in [0.2, 0.25) is 5.02 Å². The highest BCUT2D eigenvalue weighted by Crippen LogP contribution is 2.25. The van der Waals surface area contributed by atoms with Gasteiger partial charge in [-0.2, -0.15) is 10.2 Å². The highest BCUT2D eigenvalue weighted by Gasteiger charge is 2.21. The molecule has 0 atom stereocenters. The second kappa shape index (κ2) is 6.28. The summed E-state index contributed by atoms with van der Waals surface area (Å²) >= 11 is 12.6. The van der Waals surface area contributed by atoms with Crippen molar-refractivity contribution in [3.63, 3.8) is 0 Å². The van der Waals surface area contributed by atoms with E-state index in [9.17, 15) is 4.79 Å². The Morgan fingerprint density at radius 1 is 1.55 bits per heavy atom. The summed E-state index contributed by atoms with van der Waals surface area (Å²) in [5, 5.41) is 11.5. The van der Waals surface area contributed by atoms with Gasteiger partial charge in [0.05, 0.1) is 16.0 Å². The van der Waals surface area contributed by atoms with E-state index in [2.05, 4.69) is 47.2 Å². The number of nitrogens with zero attached hydrogens (tertiary/aromatic N) is 4. The van der Waals surface area contributed by atoms with Crippen LogP contribution in [0.5, 0.6) is 0 Å². The topological polar surface area (TPSA) is 66.8 Å². The standard InChI is InChI=1S/C11H12Br2ClN5O/c1-3-19-4-6(14)7(17-19)5-18(2)11(20)9-8(12)10(13)16-15-9/h4H,3,5H2,1-2H3,(H,15,16). The summed E-state index contributed by atoms with van der Waals surface area (Å²) in [5.74, 6) is -0.221. The zero-order valence-electron chi connectivity index (χ0n) is 10.8. The number of carbonyl (C=O) groups is 1. The van der Waals surface area contributed by atoms with Crippen LogP contribution in [0.1, 0.15) is 23.1 Å². The molecule has 0 spiro atoms. The Labute approximate surface area is 137 Å². The van der Waals surface area contributed by atoms with Crippen molar-refractivity contribution in [3.05, 3.63) is 31.7 Å². The number of aromatic amines is 1. The SMILES string of the molecule is CCn1cc(Cl)c(CN(C)C(=O)c2n[nH]c(Br)c2Br)n1. The zero-order valence-corrected chi connectivity index (χ0v) is 14.8. The van der Waals surface area contributed by atoms with E-state index in [-0.39, 0.29) is 5.91 Å². The minimum atomic E-state index is -0.221. The molecule has 0 bridgehead atoms. The lowest BCUT2D eigenvalue weighted by Gasteiger charge is -2.14. The van der Waals surface area contributed by atoms with E-state index >= 15 is 0 Å². The molecule has 0 saturated carbocycles. The quantitative estimate of drug-likeness (QED) is 0.819. The van der Waals surface area contributed by atoms with Crippen LogP contribution in [0.25, 0.3) is 0 Å². The predicted octanol–water partition coefficient (Wildman–Crippen LogP) is 3.08. The van der Waals surface area contributed by atoms with Crippen molar-refractivity contribution in [2.45, 2.75) is 20.0 Å². The summed E-state index contributed by atoms with van der Waals surface area (Å²) in [7, 11) is 1.68. The first kappa shape index (κ1) is 15.5. The summed E-state index contributed by atoms with van der Waals surface area (Å²) in [6.45, 7) is 3.02. The van der Waals surface area contributed by atoms with Gasteiger partial charge in [-0.05, 0) is 38.8 Å². The third-order valence-electron chi connectivity index (χ3n) is 2.71. The number of carbonyl (C=O) groups excluding carboxylic acids is 1. The average molecular weight is 426 g/mol. The molecule has 2 aromatic rings. The molecule has 0 saturated heterocycles. The maximum atomic E-state index is 12.3. The smallest absolute Gasteiger partial charge is 0.275 e. The largest absolute Gasteiger partial charge is 0.334 e. The van der Waals surface area contributed by atoms with Crippen LogP contribution >= 0.6 is 43.5 Å². The van der Waals surface area contributed by atoms with Crippen LogP contribution in [0.15, 0.2) is 15.3 Å². The molecule has 0 aromatic carbocycles. The fourth-order valence-electron chi connectivity index (χ4n) is 1.63. The molecule has 9 heteroatoms. The molecule has 2 rings (SSSR count). The van der Waals surface area contributed by atoms with Gasteiger partial charge in [-0.25, -0.2) is 0 Å². The van der Waals surface area contributed by atoms with Crippen molar-refractivity contribution < 1.29 is 4.79 Å². The lowest BCUT2D eigenvalue weighted by Crippen LogP contribution is -2.27. The first-order chi connectivity index (χ1) is 9.43. The molecule has 20 heavy (non-hydrogen) atoms. The van der Waals surface area contributed by atoms with Crippen LogP contribution in [0, 0.1) is 0 Å². The number of nitrogens with one attached hydrogen (secondary N) is 1. The molecule has 0 radical (unpaired) electrons. The van der Waals surface area contributed by atoms with Gasteiger partial charge in [0.2, 0.25) is 0 Å². The molecule has 0 aliphatic carbocycles. The van der Waals surface area contributed by atoms with Gasteiger partial charge < -0.3 is 4.90 Å². The maximum absolute atomic E-state index is 12.3. The van der Waals surface area contributed by atoms with E-state index < -0.39 is 0 Å². The Hall–Kier alpha value is -0.860. The molecule has 2 heterocycles. The fraction of sp³-hybridized carbons (Fsp3) is 0.364. The van der Waals surface area contributed by atoms with Crippen molar-refractivity contribution in [2.24, 2.45) is 0 Å². The Balaban J connectivity index is 2.15. The van der Waals surface area contributed by atoms with Gasteiger partial charge in [-0.1, -0.05) is 11.6 Å². The molecule has 2 aromatic heterocycles. The van der Waals surface area contributed by atoms with Crippen molar-refractivity contribution in [1.82, 2.24) is 24.9 Å². The minimum Gasteiger partial charge on any atom is -0.334 e. The molecule has 1 amide bonds. The van der Waals surface area contributed by atoms with Crippen molar-refractivity contribution in [2.75, 3.05) is 7.05 Å². The molecule has 0 fully saturated rings. The van der Waals surface area contributed by atoms with Gasteiger partial charge >= 0.3 is 0 Å². The lowest BCUT2D eigenvalue weighted by molar-refractivity contribution is 0.0776. The van der Waals surface area contributed by atoms with Gasteiger partial charge in [0, 0.05) is 19.8 Å². The van der Waals surface area contributed by atoms with Gasteiger partial charge in [-0.3, -0.25) is 14.6 Å².